The summed E-state index contributed by atoms with van der Waals surface area (Å²) in [6, 6.07) is 3.06. The van der Waals surface area contributed by atoms with Crippen LogP contribution in [0.4, 0.5) is 14.7 Å². The van der Waals surface area contributed by atoms with E-state index in [0.29, 0.717) is 0 Å². The molecule has 7 nitrogen and oxygen atoms in total. The summed E-state index contributed by atoms with van der Waals surface area (Å²) in [5.74, 6) is -0.870. The molecular formula is C12H9F2N7. The fourth-order valence-corrected chi connectivity index (χ4v) is 1.68. The maximum absolute atomic E-state index is 13.8. The largest absolute Gasteiger partial charge is 0.357 e. The van der Waals surface area contributed by atoms with Crippen molar-refractivity contribution in [2.24, 2.45) is 0 Å². The van der Waals surface area contributed by atoms with E-state index in [-0.39, 0.29) is 23.3 Å². The van der Waals surface area contributed by atoms with E-state index >= 15 is 0 Å². The smallest absolute Gasteiger partial charge is 0.257 e. The Kier molecular flexibility index (Phi) is 3.22. The summed E-state index contributed by atoms with van der Waals surface area (Å²) in [5, 5.41) is 6.63. The molecule has 0 unspecified atom stereocenters. The van der Waals surface area contributed by atoms with Crippen molar-refractivity contribution in [3.63, 3.8) is 0 Å². The first kappa shape index (κ1) is 13.0. The number of benzene rings is 1. The molecule has 9 heteroatoms. The lowest BCUT2D eigenvalue weighted by Crippen LogP contribution is -2.08. The SMILES string of the molecule is CNc1nc(-c2cc(F)ccc2F)nc(-n2cncn2)n1. The van der Waals surface area contributed by atoms with Crippen LogP contribution >= 0.6 is 0 Å². The summed E-state index contributed by atoms with van der Waals surface area (Å²) in [7, 11) is 1.60. The standard InChI is InChI=1S/C12H9F2N7/c1-15-11-18-10(8-4-7(13)2-3-9(8)14)19-12(20-11)21-6-16-5-17-21/h2-6H,1H3,(H,15,18,19,20). The van der Waals surface area contributed by atoms with E-state index in [1.165, 1.54) is 17.3 Å². The van der Waals surface area contributed by atoms with Crippen molar-refractivity contribution in [2.45, 2.75) is 0 Å². The van der Waals surface area contributed by atoms with Crippen LogP contribution < -0.4 is 5.32 Å². The second kappa shape index (κ2) is 5.19. The maximum Gasteiger partial charge on any atom is 0.257 e. The van der Waals surface area contributed by atoms with Gasteiger partial charge in [-0.1, -0.05) is 0 Å². The van der Waals surface area contributed by atoms with Gasteiger partial charge in [0.05, 0.1) is 5.56 Å². The molecule has 0 amide bonds. The molecule has 1 aromatic carbocycles. The highest BCUT2D eigenvalue weighted by atomic mass is 19.1. The molecular weight excluding hydrogens is 280 g/mol. The van der Waals surface area contributed by atoms with Gasteiger partial charge in [-0.05, 0) is 18.2 Å². The van der Waals surface area contributed by atoms with Crippen LogP contribution in [0.2, 0.25) is 0 Å². The summed E-state index contributed by atoms with van der Waals surface area (Å²) in [5.41, 5.74) is -0.0599. The zero-order valence-electron chi connectivity index (χ0n) is 10.8. The number of nitrogens with one attached hydrogen (secondary N) is 1. The lowest BCUT2D eigenvalue weighted by molar-refractivity contribution is 0.602. The van der Waals surface area contributed by atoms with Gasteiger partial charge in [-0.15, -0.1) is 0 Å². The Balaban J connectivity index is 2.18. The normalized spacial score (nSPS) is 10.6. The van der Waals surface area contributed by atoms with Crippen LogP contribution in [-0.4, -0.2) is 36.8 Å². The van der Waals surface area contributed by atoms with E-state index in [0.717, 1.165) is 18.2 Å². The van der Waals surface area contributed by atoms with Crippen LogP contribution in [0.5, 0.6) is 0 Å². The average Bonchev–Trinajstić information content (AvgIpc) is 3.03. The topological polar surface area (TPSA) is 81.4 Å². The first-order chi connectivity index (χ1) is 10.2. The quantitative estimate of drug-likeness (QED) is 0.785. The number of anilines is 1. The predicted molar refractivity (Wildman–Crippen MR) is 69.6 cm³/mol. The molecule has 0 aliphatic rings. The summed E-state index contributed by atoms with van der Waals surface area (Å²) in [6.45, 7) is 0. The lowest BCUT2D eigenvalue weighted by Gasteiger charge is -2.07. The molecule has 0 radical (unpaired) electrons. The Bertz CT molecular complexity index is 773. The first-order valence-electron chi connectivity index (χ1n) is 5.91. The van der Waals surface area contributed by atoms with Gasteiger partial charge in [0.1, 0.15) is 24.3 Å². The zero-order chi connectivity index (χ0) is 14.8. The Morgan fingerprint density at radius 3 is 2.71 bits per heavy atom. The molecule has 21 heavy (non-hydrogen) atoms. The van der Waals surface area contributed by atoms with Crippen molar-refractivity contribution in [1.29, 1.82) is 0 Å². The van der Waals surface area contributed by atoms with E-state index in [1.54, 1.807) is 7.05 Å². The van der Waals surface area contributed by atoms with E-state index in [2.05, 4.69) is 30.4 Å². The minimum Gasteiger partial charge on any atom is -0.357 e. The number of nitrogens with zero attached hydrogens (tertiary/aromatic N) is 6. The van der Waals surface area contributed by atoms with Gasteiger partial charge >= 0.3 is 0 Å². The third kappa shape index (κ3) is 2.53. The molecule has 2 aromatic heterocycles. The third-order valence-corrected chi connectivity index (χ3v) is 2.64. The molecule has 2 heterocycles. The van der Waals surface area contributed by atoms with Gasteiger partial charge in [0, 0.05) is 7.05 Å². The molecule has 0 atom stereocenters. The van der Waals surface area contributed by atoms with Crippen molar-refractivity contribution in [2.75, 3.05) is 12.4 Å². The Morgan fingerprint density at radius 1 is 1.14 bits per heavy atom. The summed E-state index contributed by atoms with van der Waals surface area (Å²) < 4.78 is 28.4. The highest BCUT2D eigenvalue weighted by Crippen LogP contribution is 2.21. The van der Waals surface area contributed by atoms with E-state index in [1.807, 2.05) is 0 Å². The Hall–Kier alpha value is -2.97. The fourth-order valence-electron chi connectivity index (χ4n) is 1.68. The molecule has 0 aliphatic carbocycles. The lowest BCUT2D eigenvalue weighted by atomic mass is 10.2. The van der Waals surface area contributed by atoms with E-state index in [4.69, 9.17) is 0 Å². The van der Waals surface area contributed by atoms with Crippen molar-refractivity contribution in [1.82, 2.24) is 29.7 Å². The molecule has 1 N–H and O–H groups in total. The molecule has 0 spiro atoms. The molecule has 0 bridgehead atoms. The van der Waals surface area contributed by atoms with Gasteiger partial charge in [-0.3, -0.25) is 0 Å². The zero-order valence-corrected chi connectivity index (χ0v) is 10.8. The molecule has 0 saturated carbocycles. The predicted octanol–water partition coefficient (Wildman–Crippen LogP) is 1.44. The maximum atomic E-state index is 13.8. The van der Waals surface area contributed by atoms with Gasteiger partial charge in [0.25, 0.3) is 5.95 Å². The summed E-state index contributed by atoms with van der Waals surface area (Å²) >= 11 is 0. The fraction of sp³-hybridized carbons (Fsp3) is 0.0833. The number of halogens is 2. The van der Waals surface area contributed by atoms with Crippen LogP contribution in [0.1, 0.15) is 0 Å². The minimum absolute atomic E-state index is 0.00292. The highest BCUT2D eigenvalue weighted by Gasteiger charge is 2.14. The van der Waals surface area contributed by atoms with Crippen molar-refractivity contribution >= 4 is 5.95 Å². The van der Waals surface area contributed by atoms with Crippen LogP contribution in [0.3, 0.4) is 0 Å². The molecule has 3 aromatic rings. The van der Waals surface area contributed by atoms with Crippen LogP contribution in [0, 0.1) is 11.6 Å². The number of hydrogen-bond acceptors (Lipinski definition) is 6. The van der Waals surface area contributed by atoms with Gasteiger partial charge in [-0.2, -0.15) is 24.7 Å². The van der Waals surface area contributed by atoms with Crippen LogP contribution in [-0.2, 0) is 0 Å². The molecule has 0 fully saturated rings. The first-order valence-corrected chi connectivity index (χ1v) is 5.91. The second-order valence-electron chi connectivity index (χ2n) is 4.00. The molecule has 0 aliphatic heterocycles. The van der Waals surface area contributed by atoms with Crippen molar-refractivity contribution < 1.29 is 8.78 Å². The summed E-state index contributed by atoms with van der Waals surface area (Å²) in [4.78, 5) is 16.0. The molecule has 3 rings (SSSR count). The Morgan fingerprint density at radius 2 is 2.00 bits per heavy atom. The van der Waals surface area contributed by atoms with Gasteiger partial charge in [-0.25, -0.2) is 13.8 Å². The molecule has 0 saturated heterocycles. The van der Waals surface area contributed by atoms with Gasteiger partial charge in [0.15, 0.2) is 5.82 Å². The van der Waals surface area contributed by atoms with Crippen molar-refractivity contribution in [3.05, 3.63) is 42.5 Å². The molecule has 106 valence electrons. The van der Waals surface area contributed by atoms with Crippen LogP contribution in [0.15, 0.2) is 30.9 Å². The minimum atomic E-state index is -0.630. The number of hydrogen-bond donors (Lipinski definition) is 1. The van der Waals surface area contributed by atoms with E-state index < -0.39 is 11.6 Å². The Labute approximate surface area is 117 Å². The van der Waals surface area contributed by atoms with Crippen molar-refractivity contribution in [3.8, 4) is 17.3 Å². The van der Waals surface area contributed by atoms with Gasteiger partial charge < -0.3 is 5.32 Å². The monoisotopic (exact) mass is 289 g/mol. The highest BCUT2D eigenvalue weighted by molar-refractivity contribution is 5.57. The summed E-state index contributed by atoms with van der Waals surface area (Å²) in [6.07, 6.45) is 2.70. The van der Waals surface area contributed by atoms with E-state index in [9.17, 15) is 8.78 Å². The third-order valence-electron chi connectivity index (χ3n) is 2.64. The second-order valence-corrected chi connectivity index (χ2v) is 4.00. The number of aromatic nitrogens is 6. The van der Waals surface area contributed by atoms with Crippen LogP contribution in [0.25, 0.3) is 17.3 Å². The number of rotatable bonds is 3. The van der Waals surface area contributed by atoms with Gasteiger partial charge in [0.2, 0.25) is 5.95 Å². The average molecular weight is 289 g/mol.